The van der Waals surface area contributed by atoms with E-state index in [9.17, 15) is 9.59 Å². The van der Waals surface area contributed by atoms with Crippen molar-refractivity contribution in [2.45, 2.75) is 34.6 Å². The zero-order valence-electron chi connectivity index (χ0n) is 16.7. The normalized spacial score (nSPS) is 19.1. The molecule has 0 aromatic heterocycles. The molecule has 2 atom stereocenters. The zero-order chi connectivity index (χ0) is 20.0. The van der Waals surface area contributed by atoms with Gasteiger partial charge in [-0.2, -0.15) is 0 Å². The summed E-state index contributed by atoms with van der Waals surface area (Å²) in [5.74, 6) is 2.53. The lowest BCUT2D eigenvalue weighted by Gasteiger charge is -2.04. The number of ether oxygens (including phenoxy) is 1. The summed E-state index contributed by atoms with van der Waals surface area (Å²) in [5, 5.41) is 0. The van der Waals surface area contributed by atoms with Gasteiger partial charge in [0.1, 0.15) is 23.6 Å². The van der Waals surface area contributed by atoms with Gasteiger partial charge in [0.15, 0.2) is 0 Å². The van der Waals surface area contributed by atoms with E-state index in [1.807, 2.05) is 36.4 Å². The number of carbonyl (C=O) groups is 2. The third-order valence-corrected chi connectivity index (χ3v) is 4.83. The molecule has 142 valence electrons. The van der Waals surface area contributed by atoms with Gasteiger partial charge in [0, 0.05) is 11.5 Å². The number of allylic oxidation sites excluding steroid dienone is 2. The van der Waals surface area contributed by atoms with Crippen LogP contribution in [0.25, 0.3) is 0 Å². The molecular formula is C24H28O3. The van der Waals surface area contributed by atoms with E-state index in [2.05, 4.69) is 33.8 Å². The third kappa shape index (κ3) is 5.65. The highest BCUT2D eigenvalue weighted by molar-refractivity contribution is 5.83. The molecule has 0 N–H and O–H groups in total. The van der Waals surface area contributed by atoms with Crippen LogP contribution in [0.4, 0.5) is 0 Å². The minimum atomic E-state index is 0.211. The van der Waals surface area contributed by atoms with Gasteiger partial charge in [-0.15, -0.1) is 0 Å². The molecule has 2 aromatic carbocycles. The van der Waals surface area contributed by atoms with Crippen molar-refractivity contribution in [3.63, 3.8) is 0 Å². The number of para-hydroxylation sites is 1. The average Bonchev–Trinajstić information content (AvgIpc) is 3.16. The molecular weight excluding hydrogens is 336 g/mol. The number of ketones is 1. The molecule has 0 spiro atoms. The highest BCUT2D eigenvalue weighted by Gasteiger charge is 2.58. The standard InChI is InChI=1S/C13H10O2.C11H18O/c14-10-11-5-4-8-13(9-11)15-12-6-2-1-3-7-12;1-7(2)6-9-10(8(3)12)11(9,4)5/h1-10H;6,9-10H,1-5H3. The van der Waals surface area contributed by atoms with Crippen molar-refractivity contribution in [2.24, 2.45) is 17.3 Å². The molecule has 2 aromatic rings. The minimum Gasteiger partial charge on any atom is -0.457 e. The molecule has 0 saturated heterocycles. The average molecular weight is 364 g/mol. The molecule has 1 aliphatic rings. The van der Waals surface area contributed by atoms with Crippen LogP contribution in [0.2, 0.25) is 0 Å². The molecule has 1 aliphatic carbocycles. The second-order valence-electron chi connectivity index (χ2n) is 7.78. The van der Waals surface area contributed by atoms with Crippen LogP contribution in [0.3, 0.4) is 0 Å². The van der Waals surface area contributed by atoms with E-state index in [-0.39, 0.29) is 11.3 Å². The zero-order valence-corrected chi connectivity index (χ0v) is 16.7. The predicted octanol–water partition coefficient (Wildman–Crippen LogP) is 6.11. The first-order valence-electron chi connectivity index (χ1n) is 9.19. The molecule has 0 amide bonds. The van der Waals surface area contributed by atoms with Crippen LogP contribution in [0, 0.1) is 17.3 Å². The maximum Gasteiger partial charge on any atom is 0.150 e. The summed E-state index contributed by atoms with van der Waals surface area (Å²) >= 11 is 0. The number of carbonyl (C=O) groups excluding carboxylic acids is 2. The van der Waals surface area contributed by atoms with E-state index >= 15 is 0 Å². The van der Waals surface area contributed by atoms with Crippen molar-refractivity contribution >= 4 is 12.1 Å². The van der Waals surface area contributed by atoms with Crippen molar-refractivity contribution in [1.29, 1.82) is 0 Å². The molecule has 3 nitrogen and oxygen atoms in total. The predicted molar refractivity (Wildman–Crippen MR) is 109 cm³/mol. The number of hydrogen-bond donors (Lipinski definition) is 0. The molecule has 2 unspecified atom stereocenters. The quantitative estimate of drug-likeness (QED) is 0.475. The minimum absolute atomic E-state index is 0.211. The topological polar surface area (TPSA) is 43.4 Å². The van der Waals surface area contributed by atoms with Gasteiger partial charge in [0.25, 0.3) is 0 Å². The summed E-state index contributed by atoms with van der Waals surface area (Å²) in [6, 6.07) is 16.5. The van der Waals surface area contributed by atoms with Crippen LogP contribution in [0.5, 0.6) is 11.5 Å². The van der Waals surface area contributed by atoms with E-state index < -0.39 is 0 Å². The second kappa shape index (κ2) is 8.81. The molecule has 0 aliphatic heterocycles. The monoisotopic (exact) mass is 364 g/mol. The summed E-state index contributed by atoms with van der Waals surface area (Å²) in [5.41, 5.74) is 2.14. The Hall–Kier alpha value is -2.68. The molecule has 0 heterocycles. The number of aldehydes is 1. The highest BCUT2D eigenvalue weighted by atomic mass is 16.5. The Labute approximate surface area is 162 Å². The van der Waals surface area contributed by atoms with Crippen molar-refractivity contribution in [3.05, 3.63) is 71.8 Å². The first-order chi connectivity index (χ1) is 12.8. The van der Waals surface area contributed by atoms with E-state index in [0.29, 0.717) is 23.0 Å². The summed E-state index contributed by atoms with van der Waals surface area (Å²) in [6.45, 7) is 10.2. The maximum atomic E-state index is 11.2. The van der Waals surface area contributed by atoms with Gasteiger partial charge in [-0.3, -0.25) is 9.59 Å². The van der Waals surface area contributed by atoms with Gasteiger partial charge in [0.05, 0.1) is 0 Å². The van der Waals surface area contributed by atoms with Crippen molar-refractivity contribution in [1.82, 2.24) is 0 Å². The lowest BCUT2D eigenvalue weighted by Crippen LogP contribution is -1.99. The van der Waals surface area contributed by atoms with Crippen molar-refractivity contribution < 1.29 is 14.3 Å². The molecule has 0 radical (unpaired) electrons. The number of Topliss-reactive ketones (excluding diaryl/α,β-unsaturated/α-hetero) is 1. The van der Waals surface area contributed by atoms with E-state index in [0.717, 1.165) is 12.0 Å². The first-order valence-corrected chi connectivity index (χ1v) is 9.19. The summed E-state index contributed by atoms with van der Waals surface area (Å²) in [6.07, 6.45) is 3.03. The van der Waals surface area contributed by atoms with Gasteiger partial charge in [0.2, 0.25) is 0 Å². The fraction of sp³-hybridized carbons (Fsp3) is 0.333. The molecule has 1 fully saturated rings. The van der Waals surface area contributed by atoms with Crippen molar-refractivity contribution in [3.8, 4) is 11.5 Å². The Morgan fingerprint density at radius 1 is 0.963 bits per heavy atom. The highest BCUT2D eigenvalue weighted by Crippen LogP contribution is 2.59. The Bertz CT molecular complexity index is 815. The lowest BCUT2D eigenvalue weighted by molar-refractivity contribution is -0.118. The Balaban J connectivity index is 0.000000199. The maximum absolute atomic E-state index is 11.2. The summed E-state index contributed by atoms with van der Waals surface area (Å²) in [7, 11) is 0. The van der Waals surface area contributed by atoms with Crippen LogP contribution in [0.15, 0.2) is 66.2 Å². The number of benzene rings is 2. The van der Waals surface area contributed by atoms with Crippen LogP contribution in [0.1, 0.15) is 45.0 Å². The fourth-order valence-corrected chi connectivity index (χ4v) is 3.40. The van der Waals surface area contributed by atoms with Gasteiger partial charge >= 0.3 is 0 Å². The SMILES string of the molecule is CC(=O)C1C(C=C(C)C)C1(C)C.O=Cc1cccc(Oc2ccccc2)c1. The second-order valence-corrected chi connectivity index (χ2v) is 7.78. The van der Waals surface area contributed by atoms with E-state index in [1.165, 1.54) is 5.57 Å². The Morgan fingerprint density at radius 3 is 2.11 bits per heavy atom. The fourth-order valence-electron chi connectivity index (χ4n) is 3.40. The van der Waals surface area contributed by atoms with E-state index in [4.69, 9.17) is 4.74 Å². The van der Waals surface area contributed by atoms with Gasteiger partial charge < -0.3 is 4.74 Å². The van der Waals surface area contributed by atoms with Gasteiger partial charge in [-0.05, 0) is 56.4 Å². The Kier molecular flexibility index (Phi) is 6.73. The molecule has 3 rings (SSSR count). The van der Waals surface area contributed by atoms with Gasteiger partial charge in [-0.1, -0.05) is 55.8 Å². The number of rotatable bonds is 5. The summed E-state index contributed by atoms with van der Waals surface area (Å²) < 4.78 is 5.56. The van der Waals surface area contributed by atoms with Crippen LogP contribution in [-0.4, -0.2) is 12.1 Å². The Morgan fingerprint density at radius 2 is 1.59 bits per heavy atom. The smallest absolute Gasteiger partial charge is 0.150 e. The van der Waals surface area contributed by atoms with Gasteiger partial charge in [-0.25, -0.2) is 0 Å². The van der Waals surface area contributed by atoms with Crippen molar-refractivity contribution in [2.75, 3.05) is 0 Å². The van der Waals surface area contributed by atoms with E-state index in [1.54, 1.807) is 25.1 Å². The molecule has 0 bridgehead atoms. The third-order valence-electron chi connectivity index (χ3n) is 4.83. The molecule has 1 saturated carbocycles. The van der Waals surface area contributed by atoms with Crippen LogP contribution < -0.4 is 4.74 Å². The largest absolute Gasteiger partial charge is 0.457 e. The number of hydrogen-bond acceptors (Lipinski definition) is 3. The van der Waals surface area contributed by atoms with Crippen LogP contribution in [-0.2, 0) is 4.79 Å². The van der Waals surface area contributed by atoms with Crippen LogP contribution >= 0.6 is 0 Å². The molecule has 27 heavy (non-hydrogen) atoms. The lowest BCUT2D eigenvalue weighted by atomic mass is 10.1. The molecule has 3 heteroatoms. The summed E-state index contributed by atoms with van der Waals surface area (Å²) in [4.78, 5) is 21.7. The first kappa shape index (κ1) is 20.6.